The lowest BCUT2D eigenvalue weighted by Gasteiger charge is -2.29. The van der Waals surface area contributed by atoms with E-state index in [4.69, 9.17) is 0 Å². The fourth-order valence-electron chi connectivity index (χ4n) is 4.33. The van der Waals surface area contributed by atoms with Crippen molar-refractivity contribution in [1.82, 2.24) is 4.90 Å². The van der Waals surface area contributed by atoms with Gasteiger partial charge in [-0.2, -0.15) is 0 Å². The van der Waals surface area contributed by atoms with Crippen LogP contribution in [0, 0.1) is 13.8 Å². The number of nitrogens with zero attached hydrogens (tertiary/aromatic N) is 2. The highest BCUT2D eigenvalue weighted by Gasteiger charge is 2.42. The Morgan fingerprint density at radius 3 is 2.07 bits per heavy atom. The Morgan fingerprint density at radius 1 is 0.800 bits per heavy atom. The fourth-order valence-corrected chi connectivity index (χ4v) is 4.33. The predicted octanol–water partition coefficient (Wildman–Crippen LogP) is 5.20. The first kappa shape index (κ1) is 20.4. The lowest BCUT2D eigenvalue weighted by molar-refractivity contribution is -0.120. The van der Waals surface area contributed by atoms with E-state index < -0.39 is 0 Å². The molecule has 156 valence electrons. The van der Waals surface area contributed by atoms with Gasteiger partial charge in [0.15, 0.2) is 0 Å². The molecule has 0 radical (unpaired) electrons. The van der Waals surface area contributed by atoms with Gasteiger partial charge in [-0.15, -0.1) is 0 Å². The van der Waals surface area contributed by atoms with Crippen LogP contribution >= 0.6 is 0 Å². The zero-order chi connectivity index (χ0) is 21.4. The molecule has 4 rings (SSSR count). The number of amides is 2. The molecule has 0 aromatic heterocycles. The number of carbonyl (C=O) groups excluding carboxylic acids is 2. The van der Waals surface area contributed by atoms with Crippen molar-refractivity contribution in [2.45, 2.75) is 52.9 Å². The molecule has 0 spiro atoms. The molecule has 0 saturated carbocycles. The molecule has 2 heterocycles. The van der Waals surface area contributed by atoms with Crippen LogP contribution in [0.4, 0.5) is 5.69 Å². The van der Waals surface area contributed by atoms with Crippen molar-refractivity contribution in [3.8, 4) is 0 Å². The Balaban J connectivity index is 1.80. The van der Waals surface area contributed by atoms with Crippen LogP contribution in [-0.4, -0.2) is 29.8 Å². The van der Waals surface area contributed by atoms with Crippen LogP contribution < -0.4 is 4.90 Å². The van der Waals surface area contributed by atoms with E-state index in [0.29, 0.717) is 22.9 Å². The number of hydrogen-bond donors (Lipinski definition) is 0. The smallest absolute Gasteiger partial charge is 0.282 e. The first-order valence-electron chi connectivity index (χ1n) is 10.9. The Bertz CT molecular complexity index is 1010. The Morgan fingerprint density at radius 2 is 1.47 bits per heavy atom. The molecular formula is C26H30N2O2. The van der Waals surface area contributed by atoms with Crippen molar-refractivity contribution in [3.63, 3.8) is 0 Å². The molecule has 1 fully saturated rings. The molecule has 0 bridgehead atoms. The maximum Gasteiger partial charge on any atom is 0.282 e. The number of rotatable bonds is 4. The molecule has 4 heteroatoms. The van der Waals surface area contributed by atoms with Crippen molar-refractivity contribution in [3.05, 3.63) is 70.4 Å². The minimum absolute atomic E-state index is 0.201. The first-order valence-corrected chi connectivity index (χ1v) is 10.9. The van der Waals surface area contributed by atoms with E-state index in [0.717, 1.165) is 37.1 Å². The zero-order valence-electron chi connectivity index (χ0n) is 18.4. The molecule has 1 saturated heterocycles. The SMILES string of the molecule is Cc1ccc(C2=C(N3CCCCC3)C(=O)N(c3ccc(C(C)C)cc3)C2=O)cc1C. The third kappa shape index (κ3) is 3.55. The summed E-state index contributed by atoms with van der Waals surface area (Å²) < 4.78 is 0. The van der Waals surface area contributed by atoms with Gasteiger partial charge in [0.2, 0.25) is 0 Å². The molecule has 0 unspecified atom stereocenters. The monoisotopic (exact) mass is 402 g/mol. The average Bonchev–Trinajstić information content (AvgIpc) is 3.01. The van der Waals surface area contributed by atoms with Gasteiger partial charge in [-0.3, -0.25) is 9.59 Å². The second kappa shape index (κ2) is 8.10. The van der Waals surface area contributed by atoms with E-state index in [9.17, 15) is 9.59 Å². The third-order valence-corrected chi connectivity index (χ3v) is 6.35. The minimum Gasteiger partial charge on any atom is -0.366 e. The number of likely N-dealkylation sites (tertiary alicyclic amines) is 1. The van der Waals surface area contributed by atoms with Gasteiger partial charge in [0.25, 0.3) is 11.8 Å². The van der Waals surface area contributed by atoms with Crippen molar-refractivity contribution >= 4 is 23.1 Å². The summed E-state index contributed by atoms with van der Waals surface area (Å²) in [4.78, 5) is 30.7. The Kier molecular flexibility index (Phi) is 5.50. The number of benzene rings is 2. The molecule has 2 aromatic carbocycles. The van der Waals surface area contributed by atoms with E-state index in [1.807, 2.05) is 49.4 Å². The second-order valence-corrected chi connectivity index (χ2v) is 8.76. The van der Waals surface area contributed by atoms with Gasteiger partial charge >= 0.3 is 0 Å². The zero-order valence-corrected chi connectivity index (χ0v) is 18.4. The van der Waals surface area contributed by atoms with Crippen LogP contribution in [0.5, 0.6) is 0 Å². The van der Waals surface area contributed by atoms with Crippen LogP contribution in [0.15, 0.2) is 48.2 Å². The van der Waals surface area contributed by atoms with E-state index >= 15 is 0 Å². The quantitative estimate of drug-likeness (QED) is 0.660. The maximum absolute atomic E-state index is 13.6. The lowest BCUT2D eigenvalue weighted by Crippen LogP contribution is -2.37. The van der Waals surface area contributed by atoms with Crippen LogP contribution in [0.2, 0.25) is 0 Å². The first-order chi connectivity index (χ1) is 14.4. The van der Waals surface area contributed by atoms with Crippen LogP contribution in [0.1, 0.15) is 61.3 Å². The highest BCUT2D eigenvalue weighted by atomic mass is 16.2. The number of piperidine rings is 1. The summed E-state index contributed by atoms with van der Waals surface area (Å²) in [5.41, 5.74) is 6.07. The van der Waals surface area contributed by atoms with Gasteiger partial charge in [-0.05, 0) is 73.4 Å². The summed E-state index contributed by atoms with van der Waals surface area (Å²) in [6.45, 7) is 10.0. The molecule has 30 heavy (non-hydrogen) atoms. The van der Waals surface area contributed by atoms with Crippen molar-refractivity contribution in [1.29, 1.82) is 0 Å². The Hall–Kier alpha value is -2.88. The topological polar surface area (TPSA) is 40.6 Å². The fraction of sp³-hybridized carbons (Fsp3) is 0.385. The molecule has 0 aliphatic carbocycles. The lowest BCUT2D eigenvalue weighted by atomic mass is 9.98. The summed E-state index contributed by atoms with van der Waals surface area (Å²) in [6.07, 6.45) is 3.27. The molecule has 2 amide bonds. The molecule has 0 N–H and O–H groups in total. The van der Waals surface area contributed by atoms with Gasteiger partial charge in [0.1, 0.15) is 5.70 Å². The predicted molar refractivity (Wildman–Crippen MR) is 121 cm³/mol. The number of imide groups is 1. The summed E-state index contributed by atoms with van der Waals surface area (Å²) in [5.74, 6) is -0.0225. The summed E-state index contributed by atoms with van der Waals surface area (Å²) in [5, 5.41) is 0. The summed E-state index contributed by atoms with van der Waals surface area (Å²) >= 11 is 0. The summed E-state index contributed by atoms with van der Waals surface area (Å²) in [6, 6.07) is 13.8. The molecule has 2 aliphatic rings. The third-order valence-electron chi connectivity index (χ3n) is 6.35. The molecule has 0 atom stereocenters. The molecular weight excluding hydrogens is 372 g/mol. The number of aryl methyl sites for hydroxylation is 2. The van der Waals surface area contributed by atoms with E-state index in [1.54, 1.807) is 0 Å². The van der Waals surface area contributed by atoms with Crippen molar-refractivity contribution in [2.75, 3.05) is 18.0 Å². The summed E-state index contributed by atoms with van der Waals surface area (Å²) in [7, 11) is 0. The van der Waals surface area contributed by atoms with E-state index in [1.165, 1.54) is 22.4 Å². The van der Waals surface area contributed by atoms with Gasteiger partial charge in [-0.1, -0.05) is 44.2 Å². The highest BCUT2D eigenvalue weighted by molar-refractivity contribution is 6.45. The van der Waals surface area contributed by atoms with Gasteiger partial charge < -0.3 is 4.90 Å². The second-order valence-electron chi connectivity index (χ2n) is 8.76. The van der Waals surface area contributed by atoms with Crippen molar-refractivity contribution in [2.24, 2.45) is 0 Å². The van der Waals surface area contributed by atoms with E-state index in [-0.39, 0.29) is 11.8 Å². The van der Waals surface area contributed by atoms with Gasteiger partial charge in [0, 0.05) is 13.1 Å². The van der Waals surface area contributed by atoms with Crippen LogP contribution in [0.25, 0.3) is 5.57 Å². The molecule has 2 aromatic rings. The number of carbonyl (C=O) groups is 2. The van der Waals surface area contributed by atoms with Crippen LogP contribution in [-0.2, 0) is 9.59 Å². The largest absolute Gasteiger partial charge is 0.366 e. The standard InChI is InChI=1S/C26H30N2O2/c1-17(2)20-10-12-22(13-11-20)28-25(29)23(21-9-8-18(3)19(4)16-21)24(26(28)30)27-14-6-5-7-15-27/h8-13,16-17H,5-7,14-15H2,1-4H3. The van der Waals surface area contributed by atoms with Crippen LogP contribution in [0.3, 0.4) is 0 Å². The average molecular weight is 403 g/mol. The van der Waals surface area contributed by atoms with Crippen molar-refractivity contribution < 1.29 is 9.59 Å². The minimum atomic E-state index is -0.221. The molecule has 2 aliphatic heterocycles. The maximum atomic E-state index is 13.6. The Labute approximate surface area is 179 Å². The van der Waals surface area contributed by atoms with Gasteiger partial charge in [0.05, 0.1) is 11.3 Å². The molecule has 4 nitrogen and oxygen atoms in total. The number of hydrogen-bond acceptors (Lipinski definition) is 3. The van der Waals surface area contributed by atoms with Gasteiger partial charge in [-0.25, -0.2) is 4.90 Å². The number of anilines is 1. The highest BCUT2D eigenvalue weighted by Crippen LogP contribution is 2.36. The van der Waals surface area contributed by atoms with E-state index in [2.05, 4.69) is 25.7 Å². The normalized spacial score (nSPS) is 17.5.